The van der Waals surface area contributed by atoms with Crippen LogP contribution in [-0.2, 0) is 30.8 Å². The van der Waals surface area contributed by atoms with Gasteiger partial charge in [0.25, 0.3) is 0 Å². The van der Waals surface area contributed by atoms with Gasteiger partial charge in [0, 0.05) is 37.7 Å². The molecular weight excluding hydrogens is 374 g/mol. The molecule has 2 aliphatic heterocycles. The molecule has 0 radical (unpaired) electrons. The molecule has 152 valence electrons. The van der Waals surface area contributed by atoms with E-state index in [-0.39, 0.29) is 0 Å². The van der Waals surface area contributed by atoms with Gasteiger partial charge in [-0.05, 0) is 41.7 Å². The van der Waals surface area contributed by atoms with Crippen LogP contribution in [0, 0.1) is 17.2 Å². The number of hydrogen-bond acceptors (Lipinski definition) is 5. The highest BCUT2D eigenvalue weighted by atomic mass is 16.5. The van der Waals surface area contributed by atoms with Crippen molar-refractivity contribution in [3.05, 3.63) is 64.7 Å². The maximum atomic E-state index is 9.22. The van der Waals surface area contributed by atoms with E-state index in [4.69, 9.17) is 4.74 Å². The van der Waals surface area contributed by atoms with E-state index in [1.165, 1.54) is 16.7 Å². The third-order valence-electron chi connectivity index (χ3n) is 6.16. The third-order valence-corrected chi connectivity index (χ3v) is 6.16. The lowest BCUT2D eigenvalue weighted by atomic mass is 10.1. The molecule has 0 saturated carbocycles. The van der Waals surface area contributed by atoms with Crippen molar-refractivity contribution >= 4 is 5.95 Å². The van der Waals surface area contributed by atoms with E-state index >= 15 is 0 Å². The standard InChI is InChI=1S/C24H25N5O/c1-2-17-3-6-20(7-4-17)23-26-27-24(29(23)13-19-9-10-30-16-19)28-14-21-8-5-18(12-25)11-22(21)15-28/h3-8,11,19H,2,9-10,13-16H2,1H3. The summed E-state index contributed by atoms with van der Waals surface area (Å²) in [5.74, 6) is 2.28. The number of hydrogen-bond donors (Lipinski definition) is 0. The number of aryl methyl sites for hydroxylation is 1. The van der Waals surface area contributed by atoms with Crippen LogP contribution in [0.25, 0.3) is 11.4 Å². The average molecular weight is 399 g/mol. The summed E-state index contributed by atoms with van der Waals surface area (Å²) >= 11 is 0. The molecule has 0 bridgehead atoms. The fraction of sp³-hybridized carbons (Fsp3) is 0.375. The lowest BCUT2D eigenvalue weighted by Gasteiger charge is -2.20. The summed E-state index contributed by atoms with van der Waals surface area (Å²) in [5, 5.41) is 18.4. The number of benzene rings is 2. The molecule has 0 spiro atoms. The largest absolute Gasteiger partial charge is 0.381 e. The maximum absolute atomic E-state index is 9.22. The number of rotatable bonds is 5. The van der Waals surface area contributed by atoms with Crippen molar-refractivity contribution in [3.8, 4) is 17.5 Å². The second-order valence-corrected chi connectivity index (χ2v) is 8.17. The zero-order valence-corrected chi connectivity index (χ0v) is 17.2. The first-order chi connectivity index (χ1) is 14.7. The quantitative estimate of drug-likeness (QED) is 0.650. The van der Waals surface area contributed by atoms with Crippen LogP contribution in [0.15, 0.2) is 42.5 Å². The van der Waals surface area contributed by atoms with E-state index < -0.39 is 0 Å². The van der Waals surface area contributed by atoms with Gasteiger partial charge in [-0.15, -0.1) is 10.2 Å². The summed E-state index contributed by atoms with van der Waals surface area (Å²) in [7, 11) is 0. The summed E-state index contributed by atoms with van der Waals surface area (Å²) < 4.78 is 7.89. The Bertz CT molecular complexity index is 1090. The van der Waals surface area contributed by atoms with E-state index in [9.17, 15) is 5.26 Å². The van der Waals surface area contributed by atoms with Crippen molar-refractivity contribution in [1.82, 2.24) is 14.8 Å². The highest BCUT2D eigenvalue weighted by Gasteiger charge is 2.27. The van der Waals surface area contributed by atoms with Crippen molar-refractivity contribution in [2.24, 2.45) is 5.92 Å². The first kappa shape index (κ1) is 18.8. The number of nitrogens with zero attached hydrogens (tertiary/aromatic N) is 5. The Balaban J connectivity index is 1.50. The molecule has 0 N–H and O–H groups in total. The molecule has 6 heteroatoms. The molecule has 1 fully saturated rings. The SMILES string of the molecule is CCc1ccc(-c2nnc(N3Cc4ccc(C#N)cc4C3)n2CC2CCOC2)cc1. The molecule has 1 atom stereocenters. The molecule has 6 nitrogen and oxygen atoms in total. The fourth-order valence-corrected chi connectivity index (χ4v) is 4.39. The molecule has 30 heavy (non-hydrogen) atoms. The van der Waals surface area contributed by atoms with Crippen LogP contribution < -0.4 is 4.90 Å². The minimum atomic E-state index is 0.476. The Hall–Kier alpha value is -3.17. The number of fused-ring (bicyclic) bond motifs is 1. The predicted octanol–water partition coefficient (Wildman–Crippen LogP) is 3.94. The Morgan fingerprint density at radius 2 is 1.93 bits per heavy atom. The van der Waals surface area contributed by atoms with Gasteiger partial charge in [-0.2, -0.15) is 5.26 Å². The maximum Gasteiger partial charge on any atom is 0.228 e. The zero-order chi connectivity index (χ0) is 20.5. The lowest BCUT2D eigenvalue weighted by Crippen LogP contribution is -2.22. The molecule has 1 aromatic heterocycles. The molecule has 2 aromatic carbocycles. The predicted molar refractivity (Wildman–Crippen MR) is 115 cm³/mol. The van der Waals surface area contributed by atoms with Crippen LogP contribution in [0.2, 0.25) is 0 Å². The van der Waals surface area contributed by atoms with Gasteiger partial charge in [-0.3, -0.25) is 4.57 Å². The van der Waals surface area contributed by atoms with Crippen LogP contribution in [0.4, 0.5) is 5.95 Å². The first-order valence-electron chi connectivity index (χ1n) is 10.6. The second-order valence-electron chi connectivity index (χ2n) is 8.17. The van der Waals surface area contributed by atoms with Gasteiger partial charge in [0.05, 0.1) is 18.2 Å². The number of ether oxygens (including phenoxy) is 1. The molecule has 0 aliphatic carbocycles. The van der Waals surface area contributed by atoms with Crippen molar-refractivity contribution in [2.45, 2.75) is 39.4 Å². The summed E-state index contributed by atoms with van der Waals surface area (Å²) in [4.78, 5) is 2.26. The van der Waals surface area contributed by atoms with Crippen LogP contribution in [0.5, 0.6) is 0 Å². The van der Waals surface area contributed by atoms with Gasteiger partial charge in [-0.25, -0.2) is 0 Å². The normalized spacial score (nSPS) is 17.9. The Morgan fingerprint density at radius 1 is 1.10 bits per heavy atom. The summed E-state index contributed by atoms with van der Waals surface area (Å²) in [6.45, 7) is 6.17. The smallest absolute Gasteiger partial charge is 0.228 e. The average Bonchev–Trinajstić information content (AvgIpc) is 3.53. The van der Waals surface area contributed by atoms with Crippen LogP contribution in [0.3, 0.4) is 0 Å². The van der Waals surface area contributed by atoms with Gasteiger partial charge in [0.2, 0.25) is 5.95 Å². The molecular formula is C24H25N5O. The number of nitriles is 1. The number of aromatic nitrogens is 3. The Morgan fingerprint density at radius 3 is 2.67 bits per heavy atom. The van der Waals surface area contributed by atoms with Crippen molar-refractivity contribution < 1.29 is 4.74 Å². The third kappa shape index (κ3) is 3.46. The van der Waals surface area contributed by atoms with Crippen LogP contribution in [0.1, 0.15) is 35.6 Å². The van der Waals surface area contributed by atoms with E-state index in [2.05, 4.69) is 63.0 Å². The highest BCUT2D eigenvalue weighted by molar-refractivity contribution is 5.59. The van der Waals surface area contributed by atoms with Crippen LogP contribution in [-0.4, -0.2) is 28.0 Å². The van der Waals surface area contributed by atoms with E-state index in [0.29, 0.717) is 11.5 Å². The lowest BCUT2D eigenvalue weighted by molar-refractivity contribution is 0.182. The minimum Gasteiger partial charge on any atom is -0.381 e. The molecule has 1 saturated heterocycles. The van der Waals surface area contributed by atoms with Gasteiger partial charge >= 0.3 is 0 Å². The monoisotopic (exact) mass is 399 g/mol. The number of anilines is 1. The van der Waals surface area contributed by atoms with Gasteiger partial charge in [-0.1, -0.05) is 37.3 Å². The van der Waals surface area contributed by atoms with Crippen molar-refractivity contribution in [1.29, 1.82) is 5.26 Å². The Kier molecular flexibility index (Phi) is 4.97. The molecule has 1 unspecified atom stereocenters. The first-order valence-corrected chi connectivity index (χ1v) is 10.6. The molecule has 3 aromatic rings. The molecule has 3 heterocycles. The summed E-state index contributed by atoms with van der Waals surface area (Å²) in [5.41, 5.74) is 5.56. The van der Waals surface area contributed by atoms with E-state index in [0.717, 1.165) is 63.0 Å². The van der Waals surface area contributed by atoms with Gasteiger partial charge in [0.15, 0.2) is 5.82 Å². The topological polar surface area (TPSA) is 67.0 Å². The van der Waals surface area contributed by atoms with Crippen LogP contribution >= 0.6 is 0 Å². The molecule has 0 amide bonds. The Labute approximate surface area is 176 Å². The summed E-state index contributed by atoms with van der Waals surface area (Å²) in [6.07, 6.45) is 2.09. The second kappa shape index (κ2) is 7.92. The van der Waals surface area contributed by atoms with Gasteiger partial charge < -0.3 is 9.64 Å². The van der Waals surface area contributed by atoms with Gasteiger partial charge in [0.1, 0.15) is 0 Å². The molecule has 2 aliphatic rings. The minimum absolute atomic E-state index is 0.476. The van der Waals surface area contributed by atoms with Crippen molar-refractivity contribution in [3.63, 3.8) is 0 Å². The fourth-order valence-electron chi connectivity index (χ4n) is 4.39. The van der Waals surface area contributed by atoms with E-state index in [1.807, 2.05) is 12.1 Å². The zero-order valence-electron chi connectivity index (χ0n) is 17.2. The molecule has 5 rings (SSSR count). The van der Waals surface area contributed by atoms with Crippen molar-refractivity contribution in [2.75, 3.05) is 18.1 Å². The highest BCUT2D eigenvalue weighted by Crippen LogP contribution is 2.32. The summed E-state index contributed by atoms with van der Waals surface area (Å²) in [6, 6.07) is 16.8. The van der Waals surface area contributed by atoms with E-state index in [1.54, 1.807) is 0 Å².